The first kappa shape index (κ1) is 13.5. The molecule has 1 aromatic carbocycles. The van der Waals surface area contributed by atoms with Crippen molar-refractivity contribution in [3.05, 3.63) is 35.1 Å². The lowest BCUT2D eigenvalue weighted by atomic mass is 10.1. The number of aryl methyl sites for hydroxylation is 1. The molecular weight excluding hydrogens is 257 g/mol. The lowest BCUT2D eigenvalue weighted by Crippen LogP contribution is -2.62. The maximum absolute atomic E-state index is 13.1. The maximum atomic E-state index is 13.1. The molecule has 108 valence electrons. The number of nitrogens with one attached hydrogen (secondary N) is 1. The number of carbonyl (C=O) groups is 1. The van der Waals surface area contributed by atoms with E-state index in [0.29, 0.717) is 17.2 Å². The van der Waals surface area contributed by atoms with Crippen molar-refractivity contribution in [2.75, 3.05) is 39.3 Å². The number of benzene rings is 1. The summed E-state index contributed by atoms with van der Waals surface area (Å²) in [6.45, 7) is 7.28. The van der Waals surface area contributed by atoms with Gasteiger partial charge in [-0.3, -0.25) is 9.69 Å². The van der Waals surface area contributed by atoms with E-state index in [1.54, 1.807) is 13.0 Å². The van der Waals surface area contributed by atoms with Crippen LogP contribution in [0.3, 0.4) is 0 Å². The van der Waals surface area contributed by atoms with Crippen LogP contribution in [0.25, 0.3) is 0 Å². The van der Waals surface area contributed by atoms with Crippen molar-refractivity contribution in [3.63, 3.8) is 0 Å². The molecule has 0 saturated carbocycles. The molecule has 3 rings (SSSR count). The number of piperazine rings is 1. The Bertz CT molecular complexity index is 508. The third kappa shape index (κ3) is 2.55. The van der Waals surface area contributed by atoms with Gasteiger partial charge in [-0.05, 0) is 30.7 Å². The van der Waals surface area contributed by atoms with E-state index >= 15 is 0 Å². The van der Waals surface area contributed by atoms with Crippen LogP contribution in [0.1, 0.15) is 15.9 Å². The highest BCUT2D eigenvalue weighted by Gasteiger charge is 2.29. The smallest absolute Gasteiger partial charge is 0.254 e. The first-order valence-electron chi connectivity index (χ1n) is 7.15. The van der Waals surface area contributed by atoms with Crippen LogP contribution in [0.15, 0.2) is 18.2 Å². The third-order valence-corrected chi connectivity index (χ3v) is 4.30. The van der Waals surface area contributed by atoms with Crippen LogP contribution in [-0.4, -0.2) is 61.0 Å². The van der Waals surface area contributed by atoms with Crippen LogP contribution in [0.5, 0.6) is 0 Å². The summed E-state index contributed by atoms with van der Waals surface area (Å²) < 4.78 is 13.1. The molecule has 0 unspecified atom stereocenters. The van der Waals surface area contributed by atoms with Crippen molar-refractivity contribution < 1.29 is 9.18 Å². The second-order valence-electron chi connectivity index (χ2n) is 5.60. The van der Waals surface area contributed by atoms with Gasteiger partial charge in [0.25, 0.3) is 5.91 Å². The molecule has 0 radical (unpaired) electrons. The molecule has 0 aromatic heterocycles. The summed E-state index contributed by atoms with van der Waals surface area (Å²) in [6, 6.07) is 5.01. The Morgan fingerprint density at radius 1 is 1.25 bits per heavy atom. The van der Waals surface area contributed by atoms with E-state index in [1.165, 1.54) is 12.1 Å². The van der Waals surface area contributed by atoms with E-state index < -0.39 is 0 Å². The fourth-order valence-corrected chi connectivity index (χ4v) is 2.86. The number of nitrogens with zero attached hydrogens (tertiary/aromatic N) is 2. The molecule has 2 aliphatic rings. The minimum absolute atomic E-state index is 0.0221. The van der Waals surface area contributed by atoms with Crippen molar-refractivity contribution in [1.82, 2.24) is 15.1 Å². The van der Waals surface area contributed by atoms with Crippen molar-refractivity contribution in [2.24, 2.45) is 0 Å². The van der Waals surface area contributed by atoms with Crippen molar-refractivity contribution in [1.29, 1.82) is 0 Å². The molecule has 2 saturated heterocycles. The third-order valence-electron chi connectivity index (χ3n) is 4.30. The van der Waals surface area contributed by atoms with Gasteiger partial charge in [0.15, 0.2) is 0 Å². The topological polar surface area (TPSA) is 35.6 Å². The van der Waals surface area contributed by atoms with Gasteiger partial charge in [0.1, 0.15) is 5.82 Å². The minimum atomic E-state index is -0.290. The van der Waals surface area contributed by atoms with Crippen molar-refractivity contribution in [2.45, 2.75) is 13.0 Å². The van der Waals surface area contributed by atoms with Gasteiger partial charge in [-0.25, -0.2) is 4.39 Å². The molecule has 0 spiro atoms. The highest BCUT2D eigenvalue weighted by atomic mass is 19.1. The molecule has 1 amide bonds. The zero-order chi connectivity index (χ0) is 14.1. The summed E-state index contributed by atoms with van der Waals surface area (Å²) in [7, 11) is 0. The van der Waals surface area contributed by atoms with E-state index in [0.717, 1.165) is 39.3 Å². The van der Waals surface area contributed by atoms with Gasteiger partial charge in [0.2, 0.25) is 0 Å². The summed E-state index contributed by atoms with van der Waals surface area (Å²) in [5.74, 6) is -0.268. The number of carbonyl (C=O) groups excluding carboxylic acids is 1. The second kappa shape index (κ2) is 5.50. The Morgan fingerprint density at radius 2 is 1.95 bits per heavy atom. The summed E-state index contributed by atoms with van der Waals surface area (Å²) >= 11 is 0. The molecule has 2 heterocycles. The van der Waals surface area contributed by atoms with Gasteiger partial charge in [0.05, 0.1) is 0 Å². The molecule has 0 atom stereocenters. The predicted octanol–water partition coefficient (Wildman–Crippen LogP) is 0.864. The molecule has 1 aromatic rings. The maximum Gasteiger partial charge on any atom is 0.254 e. The Kier molecular flexibility index (Phi) is 3.72. The standard InChI is InChI=1S/C15H20FN3O/c1-11-8-12(16)2-3-14(11)15(20)19-6-4-18(5-7-19)13-9-17-10-13/h2-3,8,13,17H,4-7,9-10H2,1H3. The van der Waals surface area contributed by atoms with E-state index in [2.05, 4.69) is 10.2 Å². The van der Waals surface area contributed by atoms with E-state index in [-0.39, 0.29) is 11.7 Å². The summed E-state index contributed by atoms with van der Waals surface area (Å²) in [4.78, 5) is 16.8. The first-order chi connectivity index (χ1) is 9.65. The van der Waals surface area contributed by atoms with Gasteiger partial charge >= 0.3 is 0 Å². The highest BCUT2D eigenvalue weighted by Crippen LogP contribution is 2.16. The fourth-order valence-electron chi connectivity index (χ4n) is 2.86. The molecule has 4 nitrogen and oxygen atoms in total. The van der Waals surface area contributed by atoms with Crippen LogP contribution >= 0.6 is 0 Å². The van der Waals surface area contributed by atoms with Gasteiger partial charge < -0.3 is 10.2 Å². The van der Waals surface area contributed by atoms with E-state index in [4.69, 9.17) is 0 Å². The Labute approximate surface area is 118 Å². The lowest BCUT2D eigenvalue weighted by Gasteiger charge is -2.43. The van der Waals surface area contributed by atoms with Crippen LogP contribution in [-0.2, 0) is 0 Å². The van der Waals surface area contributed by atoms with Crippen LogP contribution in [0.2, 0.25) is 0 Å². The lowest BCUT2D eigenvalue weighted by molar-refractivity contribution is 0.0501. The molecule has 20 heavy (non-hydrogen) atoms. The zero-order valence-electron chi connectivity index (χ0n) is 11.7. The van der Waals surface area contributed by atoms with Crippen LogP contribution < -0.4 is 5.32 Å². The Balaban J connectivity index is 1.63. The first-order valence-corrected chi connectivity index (χ1v) is 7.15. The molecule has 2 aliphatic heterocycles. The van der Waals surface area contributed by atoms with Gasteiger partial charge in [-0.15, -0.1) is 0 Å². The van der Waals surface area contributed by atoms with Gasteiger partial charge in [-0.2, -0.15) is 0 Å². The second-order valence-corrected chi connectivity index (χ2v) is 5.60. The summed E-state index contributed by atoms with van der Waals surface area (Å²) in [6.07, 6.45) is 0. The predicted molar refractivity (Wildman–Crippen MR) is 75.3 cm³/mol. The van der Waals surface area contributed by atoms with E-state index in [9.17, 15) is 9.18 Å². The average molecular weight is 277 g/mol. The van der Waals surface area contributed by atoms with Gasteiger partial charge in [0, 0.05) is 50.9 Å². The van der Waals surface area contributed by atoms with Crippen LogP contribution in [0, 0.1) is 12.7 Å². The Morgan fingerprint density at radius 3 is 2.50 bits per heavy atom. The van der Waals surface area contributed by atoms with Crippen molar-refractivity contribution >= 4 is 5.91 Å². The molecule has 5 heteroatoms. The Hall–Kier alpha value is -1.46. The molecule has 2 fully saturated rings. The molecular formula is C15H20FN3O. The van der Waals surface area contributed by atoms with Crippen LogP contribution in [0.4, 0.5) is 4.39 Å². The largest absolute Gasteiger partial charge is 0.336 e. The summed E-state index contributed by atoms with van der Waals surface area (Å²) in [5.41, 5.74) is 1.32. The SMILES string of the molecule is Cc1cc(F)ccc1C(=O)N1CCN(C2CNC2)CC1. The zero-order valence-corrected chi connectivity index (χ0v) is 11.7. The average Bonchev–Trinajstić information content (AvgIpc) is 2.37. The normalized spacial score (nSPS) is 20.8. The summed E-state index contributed by atoms with van der Waals surface area (Å²) in [5, 5.41) is 3.27. The number of hydrogen-bond acceptors (Lipinski definition) is 3. The number of halogens is 1. The molecule has 0 aliphatic carbocycles. The minimum Gasteiger partial charge on any atom is -0.336 e. The molecule has 1 N–H and O–H groups in total. The highest BCUT2D eigenvalue weighted by molar-refractivity contribution is 5.95. The van der Waals surface area contributed by atoms with Crippen molar-refractivity contribution in [3.8, 4) is 0 Å². The monoisotopic (exact) mass is 277 g/mol. The quantitative estimate of drug-likeness (QED) is 0.871. The fraction of sp³-hybridized carbons (Fsp3) is 0.533. The van der Waals surface area contributed by atoms with Gasteiger partial charge in [-0.1, -0.05) is 0 Å². The number of hydrogen-bond donors (Lipinski definition) is 1. The van der Waals surface area contributed by atoms with E-state index in [1.807, 2.05) is 4.90 Å². The number of rotatable bonds is 2. The molecule has 0 bridgehead atoms. The number of amides is 1.